The van der Waals surface area contributed by atoms with E-state index in [2.05, 4.69) is 0 Å². The highest BCUT2D eigenvalue weighted by Crippen LogP contribution is 2.13. The van der Waals surface area contributed by atoms with E-state index in [4.69, 9.17) is 15.2 Å². The molecule has 0 aliphatic heterocycles. The van der Waals surface area contributed by atoms with E-state index in [9.17, 15) is 0 Å². The second-order valence-electron chi connectivity index (χ2n) is 4.92. The molecule has 0 spiro atoms. The summed E-state index contributed by atoms with van der Waals surface area (Å²) in [5, 5.41) is 0. The number of hydrogen-bond acceptors (Lipinski definition) is 3. The predicted molar refractivity (Wildman–Crippen MR) is 80.5 cm³/mol. The van der Waals surface area contributed by atoms with E-state index in [0.717, 1.165) is 17.7 Å². The van der Waals surface area contributed by atoms with Crippen molar-refractivity contribution in [3.05, 3.63) is 65.7 Å². The van der Waals surface area contributed by atoms with E-state index in [1.165, 1.54) is 5.56 Å². The van der Waals surface area contributed by atoms with Crippen LogP contribution in [0.2, 0.25) is 0 Å². The van der Waals surface area contributed by atoms with Crippen LogP contribution >= 0.6 is 0 Å². The molecule has 3 nitrogen and oxygen atoms in total. The Balaban J connectivity index is 1.71. The van der Waals surface area contributed by atoms with E-state index >= 15 is 0 Å². The molecule has 2 rings (SSSR count). The molecular formula is C17H21NO2. The molecule has 0 aliphatic rings. The van der Waals surface area contributed by atoms with Gasteiger partial charge in [0.15, 0.2) is 6.79 Å². The van der Waals surface area contributed by atoms with Crippen LogP contribution < -0.4 is 10.5 Å². The van der Waals surface area contributed by atoms with Gasteiger partial charge in [0.2, 0.25) is 0 Å². The fourth-order valence-electron chi connectivity index (χ4n) is 1.94. The van der Waals surface area contributed by atoms with Gasteiger partial charge in [-0.2, -0.15) is 0 Å². The number of benzene rings is 2. The first kappa shape index (κ1) is 14.6. The first-order chi connectivity index (χ1) is 9.74. The van der Waals surface area contributed by atoms with Gasteiger partial charge in [-0.05, 0) is 36.6 Å². The summed E-state index contributed by atoms with van der Waals surface area (Å²) in [6.45, 7) is 2.81. The number of ether oxygens (including phenoxy) is 2. The van der Waals surface area contributed by atoms with Crippen LogP contribution in [0.25, 0.3) is 0 Å². The number of hydrogen-bond donors (Lipinski definition) is 1. The Bertz CT molecular complexity index is 494. The fourth-order valence-corrected chi connectivity index (χ4v) is 1.94. The molecule has 0 amide bonds. The zero-order chi connectivity index (χ0) is 14.2. The van der Waals surface area contributed by atoms with E-state index in [0.29, 0.717) is 6.61 Å². The zero-order valence-electron chi connectivity index (χ0n) is 11.8. The molecular weight excluding hydrogens is 250 g/mol. The Morgan fingerprint density at radius 2 is 1.65 bits per heavy atom. The van der Waals surface area contributed by atoms with Crippen molar-refractivity contribution in [3.8, 4) is 5.75 Å². The van der Waals surface area contributed by atoms with Gasteiger partial charge in [0.25, 0.3) is 0 Å². The molecule has 0 radical (unpaired) electrons. The smallest absolute Gasteiger partial charge is 0.189 e. The Labute approximate surface area is 120 Å². The average Bonchev–Trinajstić information content (AvgIpc) is 2.46. The van der Waals surface area contributed by atoms with Gasteiger partial charge in [0.1, 0.15) is 5.75 Å². The van der Waals surface area contributed by atoms with Crippen LogP contribution in [0.3, 0.4) is 0 Å². The van der Waals surface area contributed by atoms with Gasteiger partial charge in [-0.25, -0.2) is 0 Å². The minimum atomic E-state index is 0.177. The van der Waals surface area contributed by atoms with Gasteiger partial charge in [-0.15, -0.1) is 0 Å². The first-order valence-corrected chi connectivity index (χ1v) is 6.83. The topological polar surface area (TPSA) is 44.5 Å². The van der Waals surface area contributed by atoms with E-state index < -0.39 is 0 Å². The normalized spacial score (nSPS) is 12.1. The average molecular weight is 271 g/mol. The molecule has 2 N–H and O–H groups in total. The Hall–Kier alpha value is -1.84. The van der Waals surface area contributed by atoms with E-state index in [1.807, 2.05) is 61.5 Å². The molecule has 0 fully saturated rings. The first-order valence-electron chi connectivity index (χ1n) is 6.83. The summed E-state index contributed by atoms with van der Waals surface area (Å²) in [6, 6.07) is 18.2. The van der Waals surface area contributed by atoms with Gasteiger partial charge in [-0.1, -0.05) is 42.5 Å². The second kappa shape index (κ2) is 7.68. The molecule has 0 saturated heterocycles. The van der Waals surface area contributed by atoms with Crippen LogP contribution in [0.4, 0.5) is 0 Å². The van der Waals surface area contributed by atoms with Crippen LogP contribution in [-0.2, 0) is 17.8 Å². The molecule has 20 heavy (non-hydrogen) atoms. The molecule has 3 heteroatoms. The summed E-state index contributed by atoms with van der Waals surface area (Å²) in [5.74, 6) is 0.812. The molecule has 2 aromatic carbocycles. The van der Waals surface area contributed by atoms with Crippen molar-refractivity contribution in [3.63, 3.8) is 0 Å². The quantitative estimate of drug-likeness (QED) is 0.621. The molecule has 0 heterocycles. The lowest BCUT2D eigenvalue weighted by Gasteiger charge is -2.09. The Morgan fingerprint density at radius 3 is 2.30 bits per heavy atom. The van der Waals surface area contributed by atoms with Crippen molar-refractivity contribution >= 4 is 0 Å². The third-order valence-corrected chi connectivity index (χ3v) is 2.90. The maximum absolute atomic E-state index is 5.76. The maximum atomic E-state index is 5.76. The monoisotopic (exact) mass is 271 g/mol. The lowest BCUT2D eigenvalue weighted by atomic mass is 10.1. The van der Waals surface area contributed by atoms with Crippen LogP contribution in [-0.4, -0.2) is 12.8 Å². The summed E-state index contributed by atoms with van der Waals surface area (Å²) in [7, 11) is 0. The fraction of sp³-hybridized carbons (Fsp3) is 0.294. The summed E-state index contributed by atoms with van der Waals surface area (Å²) >= 11 is 0. The molecule has 0 aliphatic carbocycles. The van der Waals surface area contributed by atoms with Crippen molar-refractivity contribution in [1.29, 1.82) is 0 Å². The van der Waals surface area contributed by atoms with Crippen LogP contribution in [0, 0.1) is 0 Å². The summed E-state index contributed by atoms with van der Waals surface area (Å²) < 4.78 is 11.0. The second-order valence-corrected chi connectivity index (χ2v) is 4.92. The van der Waals surface area contributed by atoms with Gasteiger partial charge in [0.05, 0.1) is 6.61 Å². The van der Waals surface area contributed by atoms with E-state index in [1.54, 1.807) is 0 Å². The molecule has 106 valence electrons. The highest BCUT2D eigenvalue weighted by atomic mass is 16.7. The molecule has 0 aromatic heterocycles. The minimum absolute atomic E-state index is 0.177. The molecule has 1 unspecified atom stereocenters. The molecule has 1 atom stereocenters. The zero-order valence-corrected chi connectivity index (χ0v) is 11.8. The third-order valence-electron chi connectivity index (χ3n) is 2.90. The van der Waals surface area contributed by atoms with Crippen molar-refractivity contribution in [1.82, 2.24) is 0 Å². The molecule has 0 bridgehead atoms. The van der Waals surface area contributed by atoms with Gasteiger partial charge < -0.3 is 15.2 Å². The van der Waals surface area contributed by atoms with Gasteiger partial charge >= 0.3 is 0 Å². The highest BCUT2D eigenvalue weighted by molar-refractivity contribution is 5.27. The minimum Gasteiger partial charge on any atom is -0.468 e. The van der Waals surface area contributed by atoms with Crippen molar-refractivity contribution < 1.29 is 9.47 Å². The Morgan fingerprint density at radius 1 is 0.950 bits per heavy atom. The summed E-state index contributed by atoms with van der Waals surface area (Å²) in [6.07, 6.45) is 0.880. The third kappa shape index (κ3) is 5.03. The van der Waals surface area contributed by atoms with Crippen molar-refractivity contribution in [2.24, 2.45) is 5.73 Å². The van der Waals surface area contributed by atoms with Crippen LogP contribution in [0.15, 0.2) is 54.6 Å². The number of nitrogens with two attached hydrogens (primary N) is 1. The highest BCUT2D eigenvalue weighted by Gasteiger charge is 1.99. The largest absolute Gasteiger partial charge is 0.468 e. The molecule has 0 saturated carbocycles. The van der Waals surface area contributed by atoms with Crippen LogP contribution in [0.1, 0.15) is 18.1 Å². The molecule has 2 aromatic rings. The lowest BCUT2D eigenvalue weighted by Crippen LogP contribution is -2.17. The SMILES string of the molecule is CC(N)Cc1ccc(OCOCc2ccccc2)cc1. The van der Waals surface area contributed by atoms with Crippen LogP contribution in [0.5, 0.6) is 5.75 Å². The van der Waals surface area contributed by atoms with Crippen molar-refractivity contribution in [2.75, 3.05) is 6.79 Å². The lowest BCUT2D eigenvalue weighted by molar-refractivity contribution is 0.00504. The standard InChI is InChI=1S/C17H21NO2/c1-14(18)11-15-7-9-17(10-8-15)20-13-19-12-16-5-3-2-4-6-16/h2-10,14H,11-13,18H2,1H3. The predicted octanol–water partition coefficient (Wildman–Crippen LogP) is 3.13. The van der Waals surface area contributed by atoms with Crippen molar-refractivity contribution in [2.45, 2.75) is 26.0 Å². The summed E-state index contributed by atoms with van der Waals surface area (Å²) in [4.78, 5) is 0. The van der Waals surface area contributed by atoms with Gasteiger partial charge in [-0.3, -0.25) is 0 Å². The van der Waals surface area contributed by atoms with E-state index in [-0.39, 0.29) is 12.8 Å². The summed E-state index contributed by atoms with van der Waals surface area (Å²) in [5.41, 5.74) is 8.13. The number of rotatable bonds is 7. The Kier molecular flexibility index (Phi) is 5.59. The van der Waals surface area contributed by atoms with Gasteiger partial charge in [0, 0.05) is 6.04 Å². The maximum Gasteiger partial charge on any atom is 0.189 e.